The Hall–Kier alpha value is -1.85. The summed E-state index contributed by atoms with van der Waals surface area (Å²) in [7, 11) is 1.73. The number of aromatic nitrogens is 2. The second-order valence-electron chi connectivity index (χ2n) is 5.07. The SMILES string of the molecule is Cc1cc(C(=O)N2CCNC(=O)C2(C)C)n(C)n1. The summed E-state index contributed by atoms with van der Waals surface area (Å²) in [5.41, 5.74) is 0.475. The summed E-state index contributed by atoms with van der Waals surface area (Å²) in [4.78, 5) is 25.9. The highest BCUT2D eigenvalue weighted by Gasteiger charge is 2.41. The van der Waals surface area contributed by atoms with E-state index in [0.29, 0.717) is 18.8 Å². The highest BCUT2D eigenvalue weighted by atomic mass is 16.2. The molecule has 2 heterocycles. The van der Waals surface area contributed by atoms with Crippen LogP contribution in [0.15, 0.2) is 6.07 Å². The topological polar surface area (TPSA) is 67.2 Å². The van der Waals surface area contributed by atoms with Crippen LogP contribution in [-0.2, 0) is 11.8 Å². The third-order valence-electron chi connectivity index (χ3n) is 3.32. The Kier molecular flexibility index (Phi) is 2.88. The molecule has 0 bridgehead atoms. The molecule has 1 aromatic heterocycles. The Labute approximate surface area is 106 Å². The Bertz CT molecular complexity index is 504. The van der Waals surface area contributed by atoms with E-state index in [2.05, 4.69) is 10.4 Å². The maximum absolute atomic E-state index is 12.5. The molecule has 1 aliphatic rings. The van der Waals surface area contributed by atoms with Gasteiger partial charge in [0, 0.05) is 20.1 Å². The number of rotatable bonds is 1. The lowest BCUT2D eigenvalue weighted by atomic mass is 9.98. The van der Waals surface area contributed by atoms with Crippen LogP contribution in [0.5, 0.6) is 0 Å². The summed E-state index contributed by atoms with van der Waals surface area (Å²) in [6.07, 6.45) is 0. The summed E-state index contributed by atoms with van der Waals surface area (Å²) >= 11 is 0. The maximum Gasteiger partial charge on any atom is 0.273 e. The molecule has 0 atom stereocenters. The van der Waals surface area contributed by atoms with E-state index >= 15 is 0 Å². The molecule has 1 aromatic rings. The standard InChI is InChI=1S/C12H18N4O2/c1-8-7-9(15(4)14-8)10(17)16-6-5-13-11(18)12(16,2)3/h7H,5-6H2,1-4H3,(H,13,18). The molecule has 18 heavy (non-hydrogen) atoms. The lowest BCUT2D eigenvalue weighted by molar-refractivity contribution is -0.133. The maximum atomic E-state index is 12.5. The Morgan fingerprint density at radius 2 is 2.17 bits per heavy atom. The van der Waals surface area contributed by atoms with E-state index < -0.39 is 5.54 Å². The summed E-state index contributed by atoms with van der Waals surface area (Å²) in [5, 5.41) is 6.94. The third-order valence-corrected chi connectivity index (χ3v) is 3.32. The minimum atomic E-state index is -0.826. The normalized spacial score (nSPS) is 18.7. The summed E-state index contributed by atoms with van der Waals surface area (Å²) in [6.45, 7) is 6.35. The van der Waals surface area contributed by atoms with Crippen LogP contribution in [0.2, 0.25) is 0 Å². The predicted molar refractivity (Wildman–Crippen MR) is 66.1 cm³/mol. The first kappa shape index (κ1) is 12.6. The van der Waals surface area contributed by atoms with E-state index in [1.54, 1.807) is 36.5 Å². The quantitative estimate of drug-likeness (QED) is 0.767. The van der Waals surface area contributed by atoms with Gasteiger partial charge in [-0.05, 0) is 26.8 Å². The van der Waals surface area contributed by atoms with Crippen LogP contribution in [0.4, 0.5) is 0 Å². The van der Waals surface area contributed by atoms with E-state index in [1.807, 2.05) is 6.92 Å². The van der Waals surface area contributed by atoms with Crippen LogP contribution in [0.3, 0.4) is 0 Å². The van der Waals surface area contributed by atoms with Crippen molar-refractivity contribution < 1.29 is 9.59 Å². The van der Waals surface area contributed by atoms with Crippen LogP contribution >= 0.6 is 0 Å². The first-order valence-corrected chi connectivity index (χ1v) is 5.95. The molecule has 0 unspecified atom stereocenters. The number of aryl methyl sites for hydroxylation is 2. The Morgan fingerprint density at radius 3 is 2.72 bits per heavy atom. The molecule has 1 saturated heterocycles. The number of nitrogens with zero attached hydrogens (tertiary/aromatic N) is 3. The van der Waals surface area contributed by atoms with Gasteiger partial charge >= 0.3 is 0 Å². The molecule has 2 rings (SSSR count). The first-order chi connectivity index (χ1) is 8.34. The zero-order chi connectivity index (χ0) is 13.5. The third kappa shape index (κ3) is 1.87. The molecule has 2 amide bonds. The van der Waals surface area contributed by atoms with Crippen molar-refractivity contribution in [2.24, 2.45) is 7.05 Å². The second-order valence-corrected chi connectivity index (χ2v) is 5.07. The molecule has 0 aromatic carbocycles. The van der Waals surface area contributed by atoms with E-state index in [4.69, 9.17) is 0 Å². The smallest absolute Gasteiger partial charge is 0.273 e. The molecule has 0 radical (unpaired) electrons. The molecule has 1 aliphatic heterocycles. The van der Waals surface area contributed by atoms with Gasteiger partial charge in [-0.15, -0.1) is 0 Å². The van der Waals surface area contributed by atoms with Crippen LogP contribution in [-0.4, -0.2) is 45.1 Å². The molecule has 1 fully saturated rings. The number of hydrogen-bond donors (Lipinski definition) is 1. The van der Waals surface area contributed by atoms with Crippen LogP contribution in [0, 0.1) is 6.92 Å². The van der Waals surface area contributed by atoms with E-state index in [-0.39, 0.29) is 11.8 Å². The fraction of sp³-hybridized carbons (Fsp3) is 0.583. The molecular formula is C12H18N4O2. The van der Waals surface area contributed by atoms with Crippen molar-refractivity contribution in [3.63, 3.8) is 0 Å². The average Bonchev–Trinajstić information content (AvgIpc) is 2.61. The summed E-state index contributed by atoms with van der Waals surface area (Å²) in [5.74, 6) is -0.279. The van der Waals surface area contributed by atoms with Crippen LogP contribution < -0.4 is 5.32 Å². The number of carbonyl (C=O) groups excluding carboxylic acids is 2. The van der Waals surface area contributed by atoms with Crippen molar-refractivity contribution in [1.29, 1.82) is 0 Å². The molecule has 6 heteroatoms. The van der Waals surface area contributed by atoms with Gasteiger partial charge in [0.1, 0.15) is 11.2 Å². The van der Waals surface area contributed by atoms with Gasteiger partial charge in [-0.2, -0.15) is 5.10 Å². The second kappa shape index (κ2) is 4.12. The zero-order valence-electron chi connectivity index (χ0n) is 11.1. The highest BCUT2D eigenvalue weighted by molar-refractivity contribution is 5.98. The lowest BCUT2D eigenvalue weighted by Crippen LogP contribution is -2.63. The van der Waals surface area contributed by atoms with Gasteiger partial charge in [-0.1, -0.05) is 0 Å². The van der Waals surface area contributed by atoms with Gasteiger partial charge in [0.25, 0.3) is 5.91 Å². The molecular weight excluding hydrogens is 232 g/mol. The highest BCUT2D eigenvalue weighted by Crippen LogP contribution is 2.20. The number of carbonyl (C=O) groups is 2. The van der Waals surface area contributed by atoms with Gasteiger partial charge in [-0.25, -0.2) is 0 Å². The van der Waals surface area contributed by atoms with Gasteiger partial charge in [0.2, 0.25) is 5.91 Å². The summed E-state index contributed by atoms with van der Waals surface area (Å²) in [6, 6.07) is 1.74. The van der Waals surface area contributed by atoms with Gasteiger partial charge in [0.05, 0.1) is 5.69 Å². The molecule has 0 saturated carbocycles. The van der Waals surface area contributed by atoms with E-state index in [9.17, 15) is 9.59 Å². The van der Waals surface area contributed by atoms with Crippen LogP contribution in [0.25, 0.3) is 0 Å². The monoisotopic (exact) mass is 250 g/mol. The van der Waals surface area contributed by atoms with Crippen LogP contribution in [0.1, 0.15) is 30.0 Å². The number of amides is 2. The molecule has 0 spiro atoms. The summed E-state index contributed by atoms with van der Waals surface area (Å²) < 4.78 is 1.56. The molecule has 0 aliphatic carbocycles. The van der Waals surface area contributed by atoms with Gasteiger partial charge in [0.15, 0.2) is 0 Å². The van der Waals surface area contributed by atoms with Crippen molar-refractivity contribution in [2.45, 2.75) is 26.3 Å². The van der Waals surface area contributed by atoms with E-state index in [1.165, 1.54) is 0 Å². The van der Waals surface area contributed by atoms with Gasteiger partial charge in [-0.3, -0.25) is 14.3 Å². The predicted octanol–water partition coefficient (Wildman–Crippen LogP) is 0.0791. The number of hydrogen-bond acceptors (Lipinski definition) is 3. The number of nitrogens with one attached hydrogen (secondary N) is 1. The molecule has 98 valence electrons. The van der Waals surface area contributed by atoms with E-state index in [0.717, 1.165) is 5.69 Å². The molecule has 1 N–H and O–H groups in total. The zero-order valence-corrected chi connectivity index (χ0v) is 11.1. The van der Waals surface area contributed by atoms with Crippen molar-refractivity contribution in [2.75, 3.05) is 13.1 Å². The average molecular weight is 250 g/mol. The lowest BCUT2D eigenvalue weighted by Gasteiger charge is -2.41. The Balaban J connectivity index is 2.33. The first-order valence-electron chi connectivity index (χ1n) is 5.95. The Morgan fingerprint density at radius 1 is 1.50 bits per heavy atom. The van der Waals surface area contributed by atoms with Crippen molar-refractivity contribution >= 4 is 11.8 Å². The molecule has 6 nitrogen and oxygen atoms in total. The fourth-order valence-electron chi connectivity index (χ4n) is 2.20. The van der Waals surface area contributed by atoms with Crippen molar-refractivity contribution in [3.8, 4) is 0 Å². The minimum Gasteiger partial charge on any atom is -0.352 e. The van der Waals surface area contributed by atoms with Crippen molar-refractivity contribution in [1.82, 2.24) is 20.0 Å². The van der Waals surface area contributed by atoms with Crippen molar-refractivity contribution in [3.05, 3.63) is 17.5 Å². The minimum absolute atomic E-state index is 0.124. The fourth-order valence-corrected chi connectivity index (χ4v) is 2.20. The largest absolute Gasteiger partial charge is 0.352 e. The number of piperazine rings is 1. The van der Waals surface area contributed by atoms with Gasteiger partial charge < -0.3 is 10.2 Å².